The first-order chi connectivity index (χ1) is 6.24. The number of hydrogen-bond donors (Lipinski definition) is 1. The Labute approximate surface area is 77.4 Å². The van der Waals surface area contributed by atoms with Crippen LogP contribution in [0.4, 0.5) is 4.39 Å². The SMILES string of the molecule is CCC(F)CCc1ncccc1O. The summed E-state index contributed by atoms with van der Waals surface area (Å²) in [5.41, 5.74) is 0.582. The minimum Gasteiger partial charge on any atom is -0.506 e. The van der Waals surface area contributed by atoms with Gasteiger partial charge in [-0.25, -0.2) is 4.39 Å². The van der Waals surface area contributed by atoms with Crippen molar-refractivity contribution in [2.75, 3.05) is 0 Å². The fraction of sp³-hybridized carbons (Fsp3) is 0.500. The normalized spacial score (nSPS) is 12.8. The van der Waals surface area contributed by atoms with Crippen LogP contribution in [0.2, 0.25) is 0 Å². The summed E-state index contributed by atoms with van der Waals surface area (Å²) in [6.45, 7) is 1.81. The average molecular weight is 183 g/mol. The zero-order valence-corrected chi connectivity index (χ0v) is 7.70. The van der Waals surface area contributed by atoms with Gasteiger partial charge in [-0.1, -0.05) is 6.92 Å². The van der Waals surface area contributed by atoms with E-state index in [1.807, 2.05) is 6.92 Å². The molecule has 0 saturated carbocycles. The molecule has 0 bridgehead atoms. The maximum absolute atomic E-state index is 12.8. The Balaban J connectivity index is 2.50. The molecule has 1 aromatic rings. The van der Waals surface area contributed by atoms with Crippen LogP contribution in [0.25, 0.3) is 0 Å². The van der Waals surface area contributed by atoms with Crippen LogP contribution < -0.4 is 0 Å². The molecule has 0 fully saturated rings. The summed E-state index contributed by atoms with van der Waals surface area (Å²) in [6, 6.07) is 3.23. The topological polar surface area (TPSA) is 33.1 Å². The Morgan fingerprint density at radius 3 is 3.00 bits per heavy atom. The minimum atomic E-state index is -0.790. The van der Waals surface area contributed by atoms with E-state index in [-0.39, 0.29) is 5.75 Å². The fourth-order valence-electron chi connectivity index (χ4n) is 1.12. The monoisotopic (exact) mass is 183 g/mol. The number of aromatic hydroxyl groups is 1. The van der Waals surface area contributed by atoms with E-state index >= 15 is 0 Å². The summed E-state index contributed by atoms with van der Waals surface area (Å²) >= 11 is 0. The van der Waals surface area contributed by atoms with Gasteiger partial charge < -0.3 is 5.11 Å². The van der Waals surface area contributed by atoms with E-state index in [9.17, 15) is 9.50 Å². The molecule has 0 amide bonds. The molecule has 0 aliphatic carbocycles. The predicted molar refractivity (Wildman–Crippen MR) is 49.4 cm³/mol. The molecule has 72 valence electrons. The highest BCUT2D eigenvalue weighted by molar-refractivity contribution is 5.24. The van der Waals surface area contributed by atoms with Crippen LogP contribution in [-0.4, -0.2) is 16.3 Å². The Morgan fingerprint density at radius 1 is 1.62 bits per heavy atom. The van der Waals surface area contributed by atoms with Crippen LogP contribution in [0.15, 0.2) is 18.3 Å². The third kappa shape index (κ3) is 3.01. The number of aryl methyl sites for hydroxylation is 1. The summed E-state index contributed by atoms with van der Waals surface area (Å²) in [4.78, 5) is 3.97. The van der Waals surface area contributed by atoms with E-state index in [1.165, 1.54) is 0 Å². The maximum Gasteiger partial charge on any atom is 0.137 e. The van der Waals surface area contributed by atoms with Crippen molar-refractivity contribution in [3.8, 4) is 5.75 Å². The van der Waals surface area contributed by atoms with E-state index in [1.54, 1.807) is 18.3 Å². The molecule has 0 radical (unpaired) electrons. The van der Waals surface area contributed by atoms with Gasteiger partial charge in [-0.05, 0) is 31.4 Å². The second-order valence-corrected chi connectivity index (χ2v) is 3.01. The molecule has 0 aromatic carbocycles. The molecule has 1 heterocycles. The smallest absolute Gasteiger partial charge is 0.137 e. The Hall–Kier alpha value is -1.12. The third-order valence-corrected chi connectivity index (χ3v) is 2.00. The highest BCUT2D eigenvalue weighted by atomic mass is 19.1. The number of alkyl halides is 1. The largest absolute Gasteiger partial charge is 0.506 e. The average Bonchev–Trinajstić information content (AvgIpc) is 2.16. The van der Waals surface area contributed by atoms with Crippen LogP contribution in [0.1, 0.15) is 25.5 Å². The Bertz CT molecular complexity index is 265. The molecular formula is C10H14FNO. The van der Waals surface area contributed by atoms with E-state index < -0.39 is 6.17 Å². The highest BCUT2D eigenvalue weighted by Crippen LogP contribution is 2.16. The number of aromatic nitrogens is 1. The summed E-state index contributed by atoms with van der Waals surface area (Å²) in [5.74, 6) is 0.158. The molecule has 1 N–H and O–H groups in total. The van der Waals surface area contributed by atoms with Gasteiger partial charge in [-0.3, -0.25) is 4.98 Å². The lowest BCUT2D eigenvalue weighted by atomic mass is 10.1. The van der Waals surface area contributed by atoms with Gasteiger partial charge in [0.1, 0.15) is 11.9 Å². The first kappa shape index (κ1) is 9.96. The molecule has 0 spiro atoms. The van der Waals surface area contributed by atoms with Gasteiger partial charge in [0, 0.05) is 6.20 Å². The first-order valence-corrected chi connectivity index (χ1v) is 4.51. The van der Waals surface area contributed by atoms with Crippen molar-refractivity contribution in [3.05, 3.63) is 24.0 Å². The van der Waals surface area contributed by atoms with Gasteiger partial charge in [0.2, 0.25) is 0 Å². The Morgan fingerprint density at radius 2 is 2.38 bits per heavy atom. The maximum atomic E-state index is 12.8. The second-order valence-electron chi connectivity index (χ2n) is 3.01. The lowest BCUT2D eigenvalue weighted by molar-refractivity contribution is 0.304. The first-order valence-electron chi connectivity index (χ1n) is 4.51. The number of pyridine rings is 1. The van der Waals surface area contributed by atoms with Gasteiger partial charge >= 0.3 is 0 Å². The van der Waals surface area contributed by atoms with Crippen molar-refractivity contribution in [2.24, 2.45) is 0 Å². The van der Waals surface area contributed by atoms with Crippen molar-refractivity contribution in [2.45, 2.75) is 32.4 Å². The van der Waals surface area contributed by atoms with Gasteiger partial charge in [-0.2, -0.15) is 0 Å². The molecule has 1 rings (SSSR count). The van der Waals surface area contributed by atoms with Gasteiger partial charge in [-0.15, -0.1) is 0 Å². The zero-order valence-electron chi connectivity index (χ0n) is 7.70. The quantitative estimate of drug-likeness (QED) is 0.777. The standard InChI is InChI=1S/C10H14FNO/c1-2-8(11)5-6-9-10(13)4-3-7-12-9/h3-4,7-8,13H,2,5-6H2,1H3. The molecule has 1 unspecified atom stereocenters. The van der Waals surface area contributed by atoms with Crippen molar-refractivity contribution in [1.29, 1.82) is 0 Å². The van der Waals surface area contributed by atoms with Crippen LogP contribution >= 0.6 is 0 Å². The number of rotatable bonds is 4. The Kier molecular flexibility index (Phi) is 3.68. The highest BCUT2D eigenvalue weighted by Gasteiger charge is 2.06. The van der Waals surface area contributed by atoms with Crippen LogP contribution in [0.5, 0.6) is 5.75 Å². The van der Waals surface area contributed by atoms with Crippen LogP contribution in [0, 0.1) is 0 Å². The van der Waals surface area contributed by atoms with Crippen LogP contribution in [0.3, 0.4) is 0 Å². The van der Waals surface area contributed by atoms with Crippen molar-refractivity contribution in [1.82, 2.24) is 4.98 Å². The summed E-state index contributed by atoms with van der Waals surface area (Å²) in [6.07, 6.45) is 2.27. The number of halogens is 1. The van der Waals surface area contributed by atoms with E-state index in [4.69, 9.17) is 0 Å². The molecule has 13 heavy (non-hydrogen) atoms. The fourth-order valence-corrected chi connectivity index (χ4v) is 1.12. The molecule has 0 saturated heterocycles. The predicted octanol–water partition coefficient (Wildman–Crippen LogP) is 2.47. The molecule has 2 nitrogen and oxygen atoms in total. The molecule has 3 heteroatoms. The van der Waals surface area contributed by atoms with E-state index in [2.05, 4.69) is 4.98 Å². The zero-order chi connectivity index (χ0) is 9.68. The number of nitrogens with zero attached hydrogens (tertiary/aromatic N) is 1. The lowest BCUT2D eigenvalue weighted by Crippen LogP contribution is -2.01. The molecule has 0 aliphatic heterocycles. The van der Waals surface area contributed by atoms with Gasteiger partial charge in [0.25, 0.3) is 0 Å². The number of hydrogen-bond acceptors (Lipinski definition) is 2. The van der Waals surface area contributed by atoms with Gasteiger partial charge in [0.05, 0.1) is 5.69 Å². The van der Waals surface area contributed by atoms with Crippen molar-refractivity contribution in [3.63, 3.8) is 0 Å². The lowest BCUT2D eigenvalue weighted by Gasteiger charge is -2.05. The molecular weight excluding hydrogens is 169 g/mol. The third-order valence-electron chi connectivity index (χ3n) is 2.00. The summed E-state index contributed by atoms with van der Waals surface area (Å²) in [7, 11) is 0. The minimum absolute atomic E-state index is 0.158. The molecule has 1 atom stereocenters. The van der Waals surface area contributed by atoms with Gasteiger partial charge in [0.15, 0.2) is 0 Å². The molecule has 1 aromatic heterocycles. The summed E-state index contributed by atoms with van der Waals surface area (Å²) in [5, 5.41) is 9.31. The molecule has 0 aliphatic rings. The van der Waals surface area contributed by atoms with E-state index in [0.717, 1.165) is 0 Å². The summed E-state index contributed by atoms with van der Waals surface area (Å²) < 4.78 is 12.8. The van der Waals surface area contributed by atoms with Crippen molar-refractivity contribution < 1.29 is 9.50 Å². The second kappa shape index (κ2) is 4.80. The van der Waals surface area contributed by atoms with Crippen molar-refractivity contribution >= 4 is 0 Å². The van der Waals surface area contributed by atoms with Crippen LogP contribution in [-0.2, 0) is 6.42 Å². The van der Waals surface area contributed by atoms with E-state index in [0.29, 0.717) is 25.0 Å².